The fourth-order valence-corrected chi connectivity index (χ4v) is 2.65. The highest BCUT2D eigenvalue weighted by molar-refractivity contribution is 5.39. The smallest absolute Gasteiger partial charge is 0.157 e. The van der Waals surface area contributed by atoms with Gasteiger partial charge in [-0.05, 0) is 38.0 Å². The van der Waals surface area contributed by atoms with Gasteiger partial charge in [-0.2, -0.15) is 0 Å². The first kappa shape index (κ1) is 8.93. The van der Waals surface area contributed by atoms with Crippen molar-refractivity contribution < 1.29 is 9.47 Å². The van der Waals surface area contributed by atoms with E-state index < -0.39 is 0 Å². The van der Waals surface area contributed by atoms with Gasteiger partial charge in [0, 0.05) is 12.0 Å². The zero-order valence-corrected chi connectivity index (χ0v) is 8.63. The van der Waals surface area contributed by atoms with E-state index in [4.69, 9.17) is 9.47 Å². The molecule has 1 spiro atoms. The number of hydrogen-bond donors (Lipinski definition) is 0. The summed E-state index contributed by atoms with van der Waals surface area (Å²) in [6.07, 6.45) is 6.21. The molecule has 0 aromatic carbocycles. The Kier molecular flexibility index (Phi) is 1.96. The van der Waals surface area contributed by atoms with E-state index in [-0.39, 0.29) is 6.29 Å². The molecule has 78 valence electrons. The van der Waals surface area contributed by atoms with Crippen molar-refractivity contribution >= 4 is 0 Å². The lowest BCUT2D eigenvalue weighted by Crippen LogP contribution is -2.23. The van der Waals surface area contributed by atoms with Crippen molar-refractivity contribution in [3.8, 4) is 0 Å². The second-order valence-electron chi connectivity index (χ2n) is 4.97. The van der Waals surface area contributed by atoms with Crippen LogP contribution in [0, 0.1) is 11.3 Å². The minimum atomic E-state index is 0.0911. The van der Waals surface area contributed by atoms with Gasteiger partial charge in [-0.1, -0.05) is 12.2 Å². The summed E-state index contributed by atoms with van der Waals surface area (Å²) in [5.41, 5.74) is 2.00. The van der Waals surface area contributed by atoms with Gasteiger partial charge in [0.15, 0.2) is 6.29 Å². The topological polar surface area (TPSA) is 18.5 Å². The second-order valence-corrected chi connectivity index (χ2v) is 4.97. The van der Waals surface area contributed by atoms with Gasteiger partial charge in [0.25, 0.3) is 0 Å². The van der Waals surface area contributed by atoms with Crippen LogP contribution in [-0.2, 0) is 9.47 Å². The molecule has 0 aromatic rings. The molecule has 3 aliphatic rings. The zero-order chi connectivity index (χ0) is 9.60. The highest BCUT2D eigenvalue weighted by Crippen LogP contribution is 2.73. The van der Waals surface area contributed by atoms with Crippen molar-refractivity contribution in [2.24, 2.45) is 11.3 Å². The van der Waals surface area contributed by atoms with Crippen LogP contribution in [-0.4, -0.2) is 19.5 Å². The van der Waals surface area contributed by atoms with Gasteiger partial charge in [0.1, 0.15) is 0 Å². The van der Waals surface area contributed by atoms with E-state index in [1.807, 2.05) is 0 Å². The predicted octanol–water partition coefficient (Wildman–Crippen LogP) is 2.50. The average molecular weight is 194 g/mol. The standard InChI is InChI=1S/C12H18O2/c1-9-6-12(9)7-10(12)8-14-11-4-2-3-5-13-11/h10-11H,1-8H2/t10-,11?,12-/m0/s1. The first-order valence-electron chi connectivity index (χ1n) is 5.73. The van der Waals surface area contributed by atoms with Crippen LogP contribution in [0.4, 0.5) is 0 Å². The average Bonchev–Trinajstić information content (AvgIpc) is 3.07. The molecule has 2 saturated carbocycles. The summed E-state index contributed by atoms with van der Waals surface area (Å²) in [5, 5.41) is 0. The van der Waals surface area contributed by atoms with Gasteiger partial charge in [-0.3, -0.25) is 0 Å². The molecule has 3 fully saturated rings. The maximum atomic E-state index is 5.77. The van der Waals surface area contributed by atoms with Crippen molar-refractivity contribution in [2.45, 2.75) is 38.4 Å². The van der Waals surface area contributed by atoms with Gasteiger partial charge in [-0.15, -0.1) is 0 Å². The van der Waals surface area contributed by atoms with Crippen LogP contribution in [0.3, 0.4) is 0 Å². The summed E-state index contributed by atoms with van der Waals surface area (Å²) in [7, 11) is 0. The maximum absolute atomic E-state index is 5.77. The molecule has 0 radical (unpaired) electrons. The van der Waals surface area contributed by atoms with E-state index in [2.05, 4.69) is 6.58 Å². The van der Waals surface area contributed by atoms with Crippen LogP contribution < -0.4 is 0 Å². The molecule has 3 rings (SSSR count). The number of rotatable bonds is 3. The summed E-state index contributed by atoms with van der Waals surface area (Å²) in [6, 6.07) is 0. The molecule has 3 atom stereocenters. The molecular formula is C12H18O2. The van der Waals surface area contributed by atoms with Gasteiger partial charge < -0.3 is 9.47 Å². The van der Waals surface area contributed by atoms with Crippen molar-refractivity contribution in [3.05, 3.63) is 12.2 Å². The third-order valence-corrected chi connectivity index (χ3v) is 3.96. The first-order chi connectivity index (χ1) is 6.81. The minimum Gasteiger partial charge on any atom is -0.353 e. The normalized spacial score (nSPS) is 45.6. The first-order valence-corrected chi connectivity index (χ1v) is 5.73. The van der Waals surface area contributed by atoms with E-state index in [9.17, 15) is 0 Å². The SMILES string of the molecule is C=C1C[C@]12C[C@H]2COC1CCCCO1. The summed E-state index contributed by atoms with van der Waals surface area (Å²) in [5.74, 6) is 0.764. The van der Waals surface area contributed by atoms with E-state index in [0.717, 1.165) is 25.6 Å². The van der Waals surface area contributed by atoms with Gasteiger partial charge in [0.2, 0.25) is 0 Å². The fourth-order valence-electron chi connectivity index (χ4n) is 2.65. The molecule has 0 amide bonds. The lowest BCUT2D eigenvalue weighted by Gasteiger charge is -2.22. The summed E-state index contributed by atoms with van der Waals surface area (Å²) < 4.78 is 11.3. The Balaban J connectivity index is 1.40. The Morgan fingerprint density at radius 3 is 2.93 bits per heavy atom. The summed E-state index contributed by atoms with van der Waals surface area (Å²) in [4.78, 5) is 0. The monoisotopic (exact) mass is 194 g/mol. The van der Waals surface area contributed by atoms with Crippen LogP contribution in [0.5, 0.6) is 0 Å². The van der Waals surface area contributed by atoms with Crippen molar-refractivity contribution in [1.29, 1.82) is 0 Å². The Bertz CT molecular complexity index is 255. The Hall–Kier alpha value is -0.340. The highest BCUT2D eigenvalue weighted by Gasteiger charge is 2.65. The fraction of sp³-hybridized carbons (Fsp3) is 0.833. The van der Waals surface area contributed by atoms with E-state index in [1.165, 1.54) is 31.3 Å². The summed E-state index contributed by atoms with van der Waals surface area (Å²) in [6.45, 7) is 5.81. The van der Waals surface area contributed by atoms with Crippen LogP contribution in [0.1, 0.15) is 32.1 Å². The lowest BCUT2D eigenvalue weighted by atomic mass is 10.2. The number of hydrogen-bond acceptors (Lipinski definition) is 2. The molecule has 1 heterocycles. The molecule has 0 bridgehead atoms. The molecule has 1 saturated heterocycles. The van der Waals surface area contributed by atoms with E-state index in [1.54, 1.807) is 0 Å². The molecule has 1 aliphatic heterocycles. The van der Waals surface area contributed by atoms with Gasteiger partial charge in [0.05, 0.1) is 6.61 Å². The molecular weight excluding hydrogens is 176 g/mol. The largest absolute Gasteiger partial charge is 0.353 e. The van der Waals surface area contributed by atoms with Crippen LogP contribution in [0.25, 0.3) is 0 Å². The van der Waals surface area contributed by atoms with Gasteiger partial charge in [-0.25, -0.2) is 0 Å². The highest BCUT2D eigenvalue weighted by atomic mass is 16.7. The third kappa shape index (κ3) is 1.41. The van der Waals surface area contributed by atoms with Crippen molar-refractivity contribution in [3.63, 3.8) is 0 Å². The quantitative estimate of drug-likeness (QED) is 0.643. The Labute approximate surface area is 85.3 Å². The predicted molar refractivity (Wildman–Crippen MR) is 53.8 cm³/mol. The third-order valence-electron chi connectivity index (χ3n) is 3.96. The van der Waals surface area contributed by atoms with Crippen molar-refractivity contribution in [1.82, 2.24) is 0 Å². The molecule has 1 unspecified atom stereocenters. The Morgan fingerprint density at radius 1 is 1.50 bits per heavy atom. The molecule has 2 nitrogen and oxygen atoms in total. The maximum Gasteiger partial charge on any atom is 0.157 e. The lowest BCUT2D eigenvalue weighted by molar-refractivity contribution is -0.165. The number of allylic oxidation sites excluding steroid dienone is 1. The van der Waals surface area contributed by atoms with Crippen LogP contribution in [0.15, 0.2) is 12.2 Å². The number of ether oxygens (including phenoxy) is 2. The molecule has 0 aromatic heterocycles. The van der Waals surface area contributed by atoms with E-state index in [0.29, 0.717) is 5.41 Å². The molecule has 2 heteroatoms. The van der Waals surface area contributed by atoms with Crippen LogP contribution in [0.2, 0.25) is 0 Å². The molecule has 2 aliphatic carbocycles. The van der Waals surface area contributed by atoms with E-state index >= 15 is 0 Å². The molecule has 0 N–H and O–H groups in total. The zero-order valence-electron chi connectivity index (χ0n) is 8.63. The second kappa shape index (κ2) is 3.07. The molecule has 14 heavy (non-hydrogen) atoms. The van der Waals surface area contributed by atoms with Gasteiger partial charge >= 0.3 is 0 Å². The Morgan fingerprint density at radius 2 is 2.36 bits per heavy atom. The minimum absolute atomic E-state index is 0.0911. The van der Waals surface area contributed by atoms with Crippen LogP contribution >= 0.6 is 0 Å². The summed E-state index contributed by atoms with van der Waals surface area (Å²) >= 11 is 0. The van der Waals surface area contributed by atoms with Crippen molar-refractivity contribution in [2.75, 3.05) is 13.2 Å².